The minimum Gasteiger partial charge on any atom is -0.477 e. The molecule has 0 amide bonds. The molecule has 2 aliphatic rings. The molecule has 36 heavy (non-hydrogen) atoms. The quantitative estimate of drug-likeness (QED) is 0.404. The third-order valence-electron chi connectivity index (χ3n) is 6.44. The number of aromatic nitrogens is 2. The van der Waals surface area contributed by atoms with Gasteiger partial charge in [-0.15, -0.1) is 0 Å². The van der Waals surface area contributed by atoms with Crippen LogP contribution in [0.1, 0.15) is 29.2 Å². The van der Waals surface area contributed by atoms with Gasteiger partial charge in [0.05, 0.1) is 11.2 Å². The molecule has 1 saturated heterocycles. The first-order chi connectivity index (χ1) is 17.3. The normalized spacial score (nSPS) is 15.6. The van der Waals surface area contributed by atoms with Crippen LogP contribution in [0.2, 0.25) is 0 Å². The smallest absolute Gasteiger partial charge is 0.341 e. The van der Waals surface area contributed by atoms with Crippen molar-refractivity contribution in [2.24, 2.45) is 0 Å². The summed E-state index contributed by atoms with van der Waals surface area (Å²) in [4.78, 5) is 38.9. The van der Waals surface area contributed by atoms with Crippen molar-refractivity contribution in [1.29, 1.82) is 0 Å². The van der Waals surface area contributed by atoms with Crippen LogP contribution in [0.25, 0.3) is 21.8 Å². The predicted molar refractivity (Wildman–Crippen MR) is 133 cm³/mol. The number of hydrogen-bond donors (Lipinski definition) is 3. The SMILES string of the molecule is O=C(O)c1cn(C2CC2)c2cc(N3CCNCC3)c(F)cc2c1=O.O=c1[nH]c2ccccc2cc1F. The molecule has 0 spiro atoms. The Morgan fingerprint density at radius 2 is 1.72 bits per heavy atom. The fraction of sp³-hybridized carbons (Fsp3) is 0.269. The van der Waals surface area contributed by atoms with Crippen LogP contribution in [0.3, 0.4) is 0 Å². The third kappa shape index (κ3) is 4.59. The first kappa shape index (κ1) is 23.7. The summed E-state index contributed by atoms with van der Waals surface area (Å²) in [6, 6.07) is 11.4. The molecule has 0 bridgehead atoms. The molecule has 10 heteroatoms. The molecule has 3 heterocycles. The summed E-state index contributed by atoms with van der Waals surface area (Å²) in [5.74, 6) is -2.50. The summed E-state index contributed by atoms with van der Waals surface area (Å²) < 4.78 is 29.1. The van der Waals surface area contributed by atoms with Gasteiger partial charge in [-0.2, -0.15) is 0 Å². The molecule has 8 nitrogen and oxygen atoms in total. The molecule has 2 aromatic carbocycles. The van der Waals surface area contributed by atoms with E-state index < -0.39 is 28.6 Å². The minimum atomic E-state index is -1.28. The molecule has 186 valence electrons. The van der Waals surface area contributed by atoms with Gasteiger partial charge in [-0.1, -0.05) is 18.2 Å². The van der Waals surface area contributed by atoms with Crippen LogP contribution < -0.4 is 21.2 Å². The molecule has 2 fully saturated rings. The standard InChI is InChI=1S/C17H18FN3O3.C9H6FNO/c18-13-7-11-14(8-15(13)20-5-3-19-4-6-20)21(10-1-2-10)9-12(16(11)22)17(23)24;10-7-5-6-3-1-2-4-8(6)11-9(7)12/h7-10,19H,1-6H2,(H,23,24);1-5H,(H,11,12). The molecule has 3 N–H and O–H groups in total. The zero-order valence-electron chi connectivity index (χ0n) is 19.3. The predicted octanol–water partition coefficient (Wildman–Crippen LogP) is 3.25. The van der Waals surface area contributed by atoms with Crippen molar-refractivity contribution in [3.8, 4) is 0 Å². The summed E-state index contributed by atoms with van der Waals surface area (Å²) in [6.07, 6.45) is 3.29. The zero-order valence-corrected chi connectivity index (χ0v) is 19.3. The van der Waals surface area contributed by atoms with Gasteiger partial charge in [0.15, 0.2) is 5.82 Å². The lowest BCUT2D eigenvalue weighted by Gasteiger charge is -2.30. The van der Waals surface area contributed by atoms with Crippen LogP contribution in [0.15, 0.2) is 58.3 Å². The molecule has 2 aromatic heterocycles. The lowest BCUT2D eigenvalue weighted by atomic mass is 10.1. The molecule has 6 rings (SSSR count). The van der Waals surface area contributed by atoms with E-state index in [1.807, 2.05) is 9.47 Å². The summed E-state index contributed by atoms with van der Waals surface area (Å²) in [5, 5.41) is 13.3. The van der Waals surface area contributed by atoms with E-state index in [0.717, 1.165) is 25.9 Å². The summed E-state index contributed by atoms with van der Waals surface area (Å²) >= 11 is 0. The van der Waals surface area contributed by atoms with Crippen LogP contribution in [0, 0.1) is 11.6 Å². The Morgan fingerprint density at radius 1 is 1.00 bits per heavy atom. The Hall–Kier alpha value is -4.05. The molecular weight excluding hydrogens is 470 g/mol. The Kier molecular flexibility index (Phi) is 6.27. The van der Waals surface area contributed by atoms with E-state index in [1.54, 1.807) is 30.3 Å². The Bertz CT molecular complexity index is 1590. The number of H-pyrrole nitrogens is 1. The van der Waals surface area contributed by atoms with E-state index in [0.29, 0.717) is 35.2 Å². The number of rotatable bonds is 3. The first-order valence-electron chi connectivity index (χ1n) is 11.7. The van der Waals surface area contributed by atoms with E-state index in [1.165, 1.54) is 18.3 Å². The van der Waals surface area contributed by atoms with Crippen molar-refractivity contribution < 1.29 is 18.7 Å². The fourth-order valence-corrected chi connectivity index (χ4v) is 4.43. The van der Waals surface area contributed by atoms with Gasteiger partial charge in [0.1, 0.15) is 11.4 Å². The number of hydrogen-bond acceptors (Lipinski definition) is 5. The number of nitrogens with zero attached hydrogens (tertiary/aromatic N) is 2. The van der Waals surface area contributed by atoms with Gasteiger partial charge < -0.3 is 24.9 Å². The average molecular weight is 494 g/mol. The van der Waals surface area contributed by atoms with Crippen molar-refractivity contribution >= 4 is 33.5 Å². The second-order valence-electron chi connectivity index (χ2n) is 8.91. The highest BCUT2D eigenvalue weighted by molar-refractivity contribution is 5.93. The number of fused-ring (bicyclic) bond motifs is 2. The molecular formula is C26H24F2N4O4. The molecule has 1 saturated carbocycles. The molecule has 0 atom stereocenters. The number of benzene rings is 2. The maximum atomic E-state index is 14.6. The molecule has 1 aliphatic heterocycles. The number of carboxylic acids is 1. The molecule has 0 radical (unpaired) electrons. The number of nitrogens with one attached hydrogen (secondary N) is 2. The van der Waals surface area contributed by atoms with Crippen LogP contribution in [0.4, 0.5) is 14.5 Å². The van der Waals surface area contributed by atoms with Crippen LogP contribution >= 0.6 is 0 Å². The van der Waals surface area contributed by atoms with Crippen molar-refractivity contribution in [2.75, 3.05) is 31.1 Å². The number of halogens is 2. The van der Waals surface area contributed by atoms with Gasteiger partial charge in [0.25, 0.3) is 5.56 Å². The number of aromatic carboxylic acids is 1. The van der Waals surface area contributed by atoms with Gasteiger partial charge in [0.2, 0.25) is 5.43 Å². The van der Waals surface area contributed by atoms with Gasteiger partial charge in [0, 0.05) is 54.7 Å². The second kappa shape index (κ2) is 9.54. The van der Waals surface area contributed by atoms with E-state index in [4.69, 9.17) is 0 Å². The maximum Gasteiger partial charge on any atom is 0.341 e. The molecule has 4 aromatic rings. The molecule has 0 unspecified atom stereocenters. The van der Waals surface area contributed by atoms with Crippen LogP contribution in [0.5, 0.6) is 0 Å². The Morgan fingerprint density at radius 3 is 2.42 bits per heavy atom. The van der Waals surface area contributed by atoms with Gasteiger partial charge >= 0.3 is 5.97 Å². The number of pyridine rings is 2. The zero-order chi connectivity index (χ0) is 25.4. The van der Waals surface area contributed by atoms with Crippen LogP contribution in [-0.4, -0.2) is 46.8 Å². The highest BCUT2D eigenvalue weighted by atomic mass is 19.1. The first-order valence-corrected chi connectivity index (χ1v) is 11.7. The highest BCUT2D eigenvalue weighted by Gasteiger charge is 2.28. The van der Waals surface area contributed by atoms with Gasteiger partial charge in [-0.3, -0.25) is 9.59 Å². The van der Waals surface area contributed by atoms with E-state index in [2.05, 4.69) is 10.3 Å². The summed E-state index contributed by atoms with van der Waals surface area (Å²) in [7, 11) is 0. The third-order valence-corrected chi connectivity index (χ3v) is 6.44. The number of carboxylic acid groups (broad SMARTS) is 1. The van der Waals surface area contributed by atoms with E-state index >= 15 is 0 Å². The van der Waals surface area contributed by atoms with Crippen molar-refractivity contribution in [2.45, 2.75) is 18.9 Å². The lowest BCUT2D eigenvalue weighted by molar-refractivity contribution is 0.0695. The fourth-order valence-electron chi connectivity index (χ4n) is 4.43. The van der Waals surface area contributed by atoms with Crippen molar-refractivity contribution in [1.82, 2.24) is 14.9 Å². The average Bonchev–Trinajstić information content (AvgIpc) is 3.71. The van der Waals surface area contributed by atoms with E-state index in [-0.39, 0.29) is 17.0 Å². The second-order valence-corrected chi connectivity index (χ2v) is 8.91. The Labute approximate surface area is 203 Å². The summed E-state index contributed by atoms with van der Waals surface area (Å²) in [5.41, 5.74) is 0.143. The Balaban J connectivity index is 0.000000186. The number of anilines is 1. The number of carbonyl (C=O) groups is 1. The maximum absolute atomic E-state index is 14.6. The number of aromatic amines is 1. The largest absolute Gasteiger partial charge is 0.477 e. The molecule has 1 aliphatic carbocycles. The van der Waals surface area contributed by atoms with Gasteiger partial charge in [-0.25, -0.2) is 13.6 Å². The lowest BCUT2D eigenvalue weighted by Crippen LogP contribution is -2.43. The topological polar surface area (TPSA) is 107 Å². The summed E-state index contributed by atoms with van der Waals surface area (Å²) in [6.45, 7) is 2.96. The minimum absolute atomic E-state index is 0.137. The highest BCUT2D eigenvalue weighted by Crippen LogP contribution is 2.38. The number of piperazine rings is 1. The van der Waals surface area contributed by atoms with Crippen molar-refractivity contribution in [3.05, 3.63) is 86.4 Å². The number of para-hydroxylation sites is 1. The van der Waals surface area contributed by atoms with Crippen molar-refractivity contribution in [3.63, 3.8) is 0 Å². The monoisotopic (exact) mass is 494 g/mol. The van der Waals surface area contributed by atoms with Crippen LogP contribution in [-0.2, 0) is 0 Å². The van der Waals surface area contributed by atoms with Gasteiger partial charge in [-0.05, 0) is 37.1 Å². The van der Waals surface area contributed by atoms with E-state index in [9.17, 15) is 28.3 Å².